The molecule has 0 heterocycles. The molecule has 2 aromatic rings. The average Bonchev–Trinajstić information content (AvgIpc) is 2.99. The number of nitrogens with one attached hydrogen (secondary N) is 4. The van der Waals surface area contributed by atoms with Gasteiger partial charge in [-0.25, -0.2) is 4.79 Å². The van der Waals surface area contributed by atoms with Crippen LogP contribution in [0.2, 0.25) is 0 Å². The number of hydrogen-bond acceptors (Lipinski definition) is 6. The summed E-state index contributed by atoms with van der Waals surface area (Å²) in [5.41, 5.74) is 1.43. The van der Waals surface area contributed by atoms with Crippen LogP contribution >= 0.6 is 0 Å². The lowest BCUT2D eigenvalue weighted by molar-refractivity contribution is -0.131. The third-order valence-corrected chi connectivity index (χ3v) is 7.32. The van der Waals surface area contributed by atoms with Crippen molar-refractivity contribution in [2.24, 2.45) is 11.8 Å². The van der Waals surface area contributed by atoms with Crippen molar-refractivity contribution in [3.05, 3.63) is 83.9 Å². The van der Waals surface area contributed by atoms with E-state index in [4.69, 9.17) is 4.74 Å². The highest BCUT2D eigenvalue weighted by molar-refractivity contribution is 5.88. The molecule has 48 heavy (non-hydrogen) atoms. The number of rotatable bonds is 18. The van der Waals surface area contributed by atoms with Crippen molar-refractivity contribution >= 4 is 23.8 Å². The molecule has 0 aliphatic heterocycles. The number of aliphatic hydroxyl groups excluding tert-OH is 1. The van der Waals surface area contributed by atoms with Gasteiger partial charge in [-0.3, -0.25) is 14.4 Å². The second-order valence-corrected chi connectivity index (χ2v) is 14.0. The van der Waals surface area contributed by atoms with Crippen molar-refractivity contribution in [1.29, 1.82) is 0 Å². The van der Waals surface area contributed by atoms with Crippen LogP contribution in [0, 0.1) is 11.8 Å². The fourth-order valence-corrected chi connectivity index (χ4v) is 5.16. The molecule has 264 valence electrons. The quantitative estimate of drug-likeness (QED) is 0.136. The number of benzene rings is 2. The largest absolute Gasteiger partial charge is 0.444 e. The van der Waals surface area contributed by atoms with Crippen molar-refractivity contribution < 1.29 is 29.0 Å². The fraction of sp³-hybridized carbons (Fsp3) is 0.526. The van der Waals surface area contributed by atoms with E-state index in [9.17, 15) is 24.3 Å². The Morgan fingerprint density at radius 3 is 1.98 bits per heavy atom. The Hall–Kier alpha value is -4.18. The average molecular weight is 665 g/mol. The Balaban J connectivity index is 2.02. The predicted molar refractivity (Wildman–Crippen MR) is 189 cm³/mol. The maximum absolute atomic E-state index is 13.7. The van der Waals surface area contributed by atoms with Crippen LogP contribution in [0.1, 0.15) is 91.3 Å². The maximum atomic E-state index is 13.7. The van der Waals surface area contributed by atoms with E-state index in [1.54, 1.807) is 32.9 Å². The van der Waals surface area contributed by atoms with Crippen molar-refractivity contribution in [2.75, 3.05) is 6.54 Å². The van der Waals surface area contributed by atoms with Crippen LogP contribution in [0.25, 0.3) is 0 Å². The van der Waals surface area contributed by atoms with E-state index in [-0.39, 0.29) is 49.1 Å². The number of carbonyl (C=O) groups excluding carboxylic acids is 4. The highest BCUT2D eigenvalue weighted by Gasteiger charge is 2.29. The Morgan fingerprint density at radius 2 is 1.40 bits per heavy atom. The standard InChI is InChI=1S/C38H56N4O6/c1-26(2)22-31(40-34(44)20-14-15-21-39-37(47)48-38(5,6)7)33(43)25-35(45)41-32(23-27(3)4)36(46)42-30(29-18-12-9-13-19-29)24-28-16-10-8-11-17-28/h8-19,26-27,30-33,43H,20-25H2,1-7H3,(H,39,47)(H,40,44)(H,41,45)(H,42,46)/t30?,31-,32+,33-/m1/s1. The summed E-state index contributed by atoms with van der Waals surface area (Å²) in [5.74, 6) is -0.831. The first-order valence-corrected chi connectivity index (χ1v) is 16.9. The topological polar surface area (TPSA) is 146 Å². The Morgan fingerprint density at radius 1 is 0.792 bits per heavy atom. The number of ether oxygens (including phenoxy) is 1. The molecule has 1 unspecified atom stereocenters. The lowest BCUT2D eigenvalue weighted by Gasteiger charge is -2.27. The van der Waals surface area contributed by atoms with Gasteiger partial charge in [-0.05, 0) is 63.0 Å². The van der Waals surface area contributed by atoms with Crippen molar-refractivity contribution in [1.82, 2.24) is 21.3 Å². The SMILES string of the molecule is CC(C)C[C@H](NC(=O)C[C@@H](O)[C@@H](CC(C)C)NC(=O)CC=CCNC(=O)OC(C)(C)C)C(=O)NC(Cc1ccccc1)c1ccccc1. The molecule has 0 fully saturated rings. The lowest BCUT2D eigenvalue weighted by Crippen LogP contribution is -2.51. The third kappa shape index (κ3) is 16.6. The molecule has 0 saturated heterocycles. The first-order chi connectivity index (χ1) is 22.6. The van der Waals surface area contributed by atoms with E-state index >= 15 is 0 Å². The highest BCUT2D eigenvalue weighted by Crippen LogP contribution is 2.20. The van der Waals surface area contributed by atoms with Gasteiger partial charge in [0.25, 0.3) is 0 Å². The molecule has 0 bridgehead atoms. The van der Waals surface area contributed by atoms with Crippen LogP contribution < -0.4 is 21.3 Å². The number of alkyl carbamates (subject to hydrolysis) is 1. The fourth-order valence-electron chi connectivity index (χ4n) is 5.16. The summed E-state index contributed by atoms with van der Waals surface area (Å²) in [6.07, 6.45) is 2.77. The van der Waals surface area contributed by atoms with Crippen molar-refractivity contribution in [3.8, 4) is 0 Å². The van der Waals surface area contributed by atoms with Gasteiger partial charge in [0.05, 0.1) is 24.6 Å². The van der Waals surface area contributed by atoms with Gasteiger partial charge in [-0.1, -0.05) is 101 Å². The molecule has 2 aromatic carbocycles. The molecule has 2 rings (SSSR count). The van der Waals surface area contributed by atoms with Gasteiger partial charge in [0.2, 0.25) is 17.7 Å². The summed E-state index contributed by atoms with van der Waals surface area (Å²) in [5, 5.41) is 22.5. The Kier molecular flexibility index (Phi) is 16.9. The molecule has 5 N–H and O–H groups in total. The lowest BCUT2D eigenvalue weighted by atomic mass is 9.96. The second kappa shape index (κ2) is 20.2. The zero-order valence-corrected chi connectivity index (χ0v) is 29.6. The van der Waals surface area contributed by atoms with E-state index in [1.165, 1.54) is 0 Å². The molecule has 0 saturated carbocycles. The minimum atomic E-state index is -1.16. The molecule has 4 atom stereocenters. The summed E-state index contributed by atoms with van der Waals surface area (Å²) in [6, 6.07) is 17.9. The van der Waals surface area contributed by atoms with Gasteiger partial charge >= 0.3 is 6.09 Å². The molecule has 0 aromatic heterocycles. The molecular formula is C38H56N4O6. The molecule has 0 spiro atoms. The summed E-state index contributed by atoms with van der Waals surface area (Å²) >= 11 is 0. The minimum Gasteiger partial charge on any atom is -0.444 e. The molecule has 10 heteroatoms. The van der Waals surface area contributed by atoms with Gasteiger partial charge in [0.1, 0.15) is 11.6 Å². The van der Waals surface area contributed by atoms with E-state index in [2.05, 4.69) is 21.3 Å². The van der Waals surface area contributed by atoms with E-state index in [1.807, 2.05) is 88.4 Å². The van der Waals surface area contributed by atoms with Crippen LogP contribution in [0.4, 0.5) is 4.79 Å². The smallest absolute Gasteiger partial charge is 0.407 e. The van der Waals surface area contributed by atoms with Crippen LogP contribution in [0.3, 0.4) is 0 Å². The van der Waals surface area contributed by atoms with Gasteiger partial charge in [-0.2, -0.15) is 0 Å². The number of amides is 4. The molecule has 4 amide bonds. The summed E-state index contributed by atoms with van der Waals surface area (Å²) < 4.78 is 5.18. The van der Waals surface area contributed by atoms with Crippen LogP contribution in [-0.2, 0) is 25.5 Å². The first-order valence-electron chi connectivity index (χ1n) is 16.9. The zero-order valence-electron chi connectivity index (χ0n) is 29.6. The normalized spacial score (nSPS) is 14.2. The van der Waals surface area contributed by atoms with Gasteiger partial charge in [-0.15, -0.1) is 0 Å². The Bertz CT molecular complexity index is 1310. The summed E-state index contributed by atoms with van der Waals surface area (Å²) in [6.45, 7) is 13.4. The Labute approximate surface area is 286 Å². The molecule has 10 nitrogen and oxygen atoms in total. The first kappa shape index (κ1) is 40.0. The van der Waals surface area contributed by atoms with Crippen LogP contribution in [-0.4, -0.2) is 59.3 Å². The molecular weight excluding hydrogens is 608 g/mol. The summed E-state index contributed by atoms with van der Waals surface area (Å²) in [7, 11) is 0. The summed E-state index contributed by atoms with van der Waals surface area (Å²) in [4.78, 5) is 51.4. The highest BCUT2D eigenvalue weighted by atomic mass is 16.6. The maximum Gasteiger partial charge on any atom is 0.407 e. The molecule has 0 aliphatic rings. The minimum absolute atomic E-state index is 0.0334. The van der Waals surface area contributed by atoms with Gasteiger partial charge in [0, 0.05) is 13.0 Å². The van der Waals surface area contributed by atoms with Crippen molar-refractivity contribution in [3.63, 3.8) is 0 Å². The number of carbonyl (C=O) groups is 4. The van der Waals surface area contributed by atoms with Crippen LogP contribution in [0.15, 0.2) is 72.8 Å². The van der Waals surface area contributed by atoms with Crippen LogP contribution in [0.5, 0.6) is 0 Å². The predicted octanol–water partition coefficient (Wildman–Crippen LogP) is 5.37. The zero-order chi connectivity index (χ0) is 35.7. The van der Waals surface area contributed by atoms with Gasteiger partial charge in [0.15, 0.2) is 0 Å². The van der Waals surface area contributed by atoms with E-state index in [0.717, 1.165) is 11.1 Å². The molecule has 0 radical (unpaired) electrons. The van der Waals surface area contributed by atoms with Crippen molar-refractivity contribution in [2.45, 2.75) is 110 Å². The van der Waals surface area contributed by atoms with E-state index in [0.29, 0.717) is 19.3 Å². The number of hydrogen-bond donors (Lipinski definition) is 5. The number of aliphatic hydroxyl groups is 1. The second-order valence-electron chi connectivity index (χ2n) is 14.0. The monoisotopic (exact) mass is 664 g/mol. The van der Waals surface area contributed by atoms with E-state index < -0.39 is 35.8 Å². The molecule has 0 aliphatic carbocycles. The van der Waals surface area contributed by atoms with Gasteiger partial charge < -0.3 is 31.1 Å². The third-order valence-electron chi connectivity index (χ3n) is 7.32.